The van der Waals surface area contributed by atoms with Gasteiger partial charge in [0.15, 0.2) is 5.82 Å². The van der Waals surface area contributed by atoms with Crippen LogP contribution < -0.4 is 15.1 Å². The Balaban J connectivity index is 1.44. The normalized spacial score (nSPS) is 14.3. The Bertz CT molecular complexity index is 952. The number of nitrogens with zero attached hydrogens (tertiary/aromatic N) is 5. The number of anilines is 4. The zero-order valence-electron chi connectivity index (χ0n) is 16.7. The molecule has 1 aliphatic rings. The second-order valence-corrected chi connectivity index (χ2v) is 7.46. The van der Waals surface area contributed by atoms with Crippen molar-refractivity contribution in [2.24, 2.45) is 0 Å². The first kappa shape index (κ1) is 19.1. The topological polar surface area (TPSA) is 57.2 Å². The fourth-order valence-electron chi connectivity index (χ4n) is 3.58. The van der Waals surface area contributed by atoms with Crippen molar-refractivity contribution in [3.63, 3.8) is 0 Å². The zero-order valence-corrected chi connectivity index (χ0v) is 16.7. The summed E-state index contributed by atoms with van der Waals surface area (Å²) in [6, 6.07) is 14.8. The summed E-state index contributed by atoms with van der Waals surface area (Å²) in [5.74, 6) is 1.49. The Morgan fingerprint density at radius 2 is 1.62 bits per heavy atom. The Morgan fingerprint density at radius 3 is 2.34 bits per heavy atom. The predicted molar refractivity (Wildman–Crippen MR) is 114 cm³/mol. The largest absolute Gasteiger partial charge is 0.368 e. The van der Waals surface area contributed by atoms with Crippen LogP contribution in [-0.4, -0.2) is 41.4 Å². The molecule has 0 radical (unpaired) electrons. The maximum atomic E-state index is 13.1. The lowest BCUT2D eigenvalue weighted by molar-refractivity contribution is 0.624. The number of aromatic nitrogens is 3. The molecule has 150 valence electrons. The van der Waals surface area contributed by atoms with Crippen LogP contribution in [0.3, 0.4) is 0 Å². The SMILES string of the molecule is CC(C)c1ccccc1Nc1nncc(N2CCN(c3ccc(F)cc3)CC2)n1. The van der Waals surface area contributed by atoms with Crippen LogP contribution in [0.5, 0.6) is 0 Å². The van der Waals surface area contributed by atoms with Crippen molar-refractivity contribution in [3.8, 4) is 0 Å². The minimum absolute atomic E-state index is 0.210. The van der Waals surface area contributed by atoms with Gasteiger partial charge in [-0.15, -0.1) is 5.10 Å². The van der Waals surface area contributed by atoms with E-state index in [-0.39, 0.29) is 5.82 Å². The molecule has 1 aliphatic heterocycles. The molecule has 2 aromatic carbocycles. The molecule has 1 N–H and O–H groups in total. The lowest BCUT2D eigenvalue weighted by atomic mass is 10.0. The van der Waals surface area contributed by atoms with Crippen LogP contribution in [0.2, 0.25) is 0 Å². The number of piperazine rings is 1. The highest BCUT2D eigenvalue weighted by Crippen LogP contribution is 2.26. The third-order valence-corrected chi connectivity index (χ3v) is 5.17. The molecule has 4 rings (SSSR count). The van der Waals surface area contributed by atoms with Crippen molar-refractivity contribution in [1.82, 2.24) is 15.2 Å². The molecular formula is C22H25FN6. The molecule has 3 aromatic rings. The highest BCUT2D eigenvalue weighted by Gasteiger charge is 2.19. The molecule has 0 amide bonds. The first-order chi connectivity index (χ1) is 14.1. The zero-order chi connectivity index (χ0) is 20.2. The van der Waals surface area contributed by atoms with Crippen LogP contribution in [0.15, 0.2) is 54.7 Å². The summed E-state index contributed by atoms with van der Waals surface area (Å²) in [4.78, 5) is 9.13. The lowest BCUT2D eigenvalue weighted by Gasteiger charge is -2.36. The van der Waals surface area contributed by atoms with Crippen molar-refractivity contribution in [3.05, 3.63) is 66.1 Å². The summed E-state index contributed by atoms with van der Waals surface area (Å²) < 4.78 is 13.1. The van der Waals surface area contributed by atoms with E-state index in [4.69, 9.17) is 0 Å². The molecule has 29 heavy (non-hydrogen) atoms. The number of halogens is 1. The van der Waals surface area contributed by atoms with Gasteiger partial charge in [0.1, 0.15) is 5.82 Å². The molecule has 7 heteroatoms. The first-order valence-corrected chi connectivity index (χ1v) is 9.91. The van der Waals surface area contributed by atoms with Crippen molar-refractivity contribution in [1.29, 1.82) is 0 Å². The van der Waals surface area contributed by atoms with Crippen molar-refractivity contribution >= 4 is 23.1 Å². The summed E-state index contributed by atoms with van der Waals surface area (Å²) in [6.07, 6.45) is 1.70. The van der Waals surface area contributed by atoms with E-state index < -0.39 is 0 Å². The van der Waals surface area contributed by atoms with E-state index in [9.17, 15) is 4.39 Å². The molecule has 1 fully saturated rings. The fraction of sp³-hybridized carbons (Fsp3) is 0.318. The summed E-state index contributed by atoms with van der Waals surface area (Å²) in [6.45, 7) is 7.65. The van der Waals surface area contributed by atoms with Crippen LogP contribution in [-0.2, 0) is 0 Å². The maximum Gasteiger partial charge on any atom is 0.249 e. The number of hydrogen-bond acceptors (Lipinski definition) is 6. The Kier molecular flexibility index (Phi) is 5.55. The molecule has 1 saturated heterocycles. The molecule has 0 bridgehead atoms. The monoisotopic (exact) mass is 392 g/mol. The summed E-state index contributed by atoms with van der Waals surface area (Å²) in [5, 5.41) is 11.6. The van der Waals surface area contributed by atoms with Gasteiger partial charge in [-0.25, -0.2) is 4.39 Å². The molecule has 0 spiro atoms. The number of benzene rings is 2. The standard InChI is InChI=1S/C22H25FN6/c1-16(2)19-5-3-4-6-20(19)25-22-26-21(15-24-27-22)29-13-11-28(12-14-29)18-9-7-17(23)8-10-18/h3-10,15-16H,11-14H2,1-2H3,(H,25,26,27). The van der Waals surface area contributed by atoms with E-state index in [1.54, 1.807) is 6.20 Å². The fourth-order valence-corrected chi connectivity index (χ4v) is 3.58. The van der Waals surface area contributed by atoms with E-state index in [2.05, 4.69) is 50.2 Å². The van der Waals surface area contributed by atoms with Gasteiger partial charge in [0.25, 0.3) is 0 Å². The Hall–Kier alpha value is -3.22. The lowest BCUT2D eigenvalue weighted by Crippen LogP contribution is -2.46. The predicted octanol–water partition coefficient (Wildman–Crippen LogP) is 4.20. The third-order valence-electron chi connectivity index (χ3n) is 5.17. The summed E-state index contributed by atoms with van der Waals surface area (Å²) in [7, 11) is 0. The van der Waals surface area contributed by atoms with E-state index in [0.29, 0.717) is 11.9 Å². The van der Waals surface area contributed by atoms with Crippen molar-refractivity contribution in [2.75, 3.05) is 41.3 Å². The molecular weight excluding hydrogens is 367 g/mol. The van der Waals surface area contributed by atoms with Crippen LogP contribution in [0.4, 0.5) is 27.5 Å². The number of nitrogens with one attached hydrogen (secondary N) is 1. The van der Waals surface area contributed by atoms with Crippen LogP contribution in [0, 0.1) is 5.82 Å². The van der Waals surface area contributed by atoms with Crippen LogP contribution >= 0.6 is 0 Å². The number of rotatable bonds is 5. The van der Waals surface area contributed by atoms with Crippen LogP contribution in [0.25, 0.3) is 0 Å². The van der Waals surface area contributed by atoms with Crippen molar-refractivity contribution in [2.45, 2.75) is 19.8 Å². The molecule has 1 aromatic heterocycles. The van der Waals surface area contributed by atoms with Gasteiger partial charge in [0.05, 0.1) is 6.20 Å². The maximum absolute atomic E-state index is 13.1. The highest BCUT2D eigenvalue weighted by molar-refractivity contribution is 5.60. The smallest absolute Gasteiger partial charge is 0.249 e. The van der Waals surface area contributed by atoms with Crippen LogP contribution in [0.1, 0.15) is 25.3 Å². The molecule has 2 heterocycles. The average molecular weight is 392 g/mol. The summed E-state index contributed by atoms with van der Waals surface area (Å²) in [5.41, 5.74) is 3.26. The Labute approximate surface area is 170 Å². The van der Waals surface area contributed by atoms with E-state index >= 15 is 0 Å². The highest BCUT2D eigenvalue weighted by atomic mass is 19.1. The second kappa shape index (κ2) is 8.43. The molecule has 0 atom stereocenters. The molecule has 0 unspecified atom stereocenters. The van der Waals surface area contributed by atoms with Gasteiger partial charge in [-0.2, -0.15) is 10.1 Å². The Morgan fingerprint density at radius 1 is 0.931 bits per heavy atom. The molecule has 0 saturated carbocycles. The van der Waals surface area contributed by atoms with E-state index in [0.717, 1.165) is 43.4 Å². The number of hydrogen-bond donors (Lipinski definition) is 1. The van der Waals surface area contributed by atoms with Gasteiger partial charge in [0, 0.05) is 37.6 Å². The summed E-state index contributed by atoms with van der Waals surface area (Å²) >= 11 is 0. The van der Waals surface area contributed by atoms with Gasteiger partial charge >= 0.3 is 0 Å². The van der Waals surface area contributed by atoms with Gasteiger partial charge in [-0.3, -0.25) is 0 Å². The third kappa shape index (κ3) is 4.45. The minimum atomic E-state index is -0.210. The van der Waals surface area contributed by atoms with Gasteiger partial charge in [-0.05, 0) is 41.8 Å². The first-order valence-electron chi connectivity index (χ1n) is 9.91. The van der Waals surface area contributed by atoms with Gasteiger partial charge in [-0.1, -0.05) is 32.0 Å². The number of para-hydroxylation sites is 1. The molecule has 6 nitrogen and oxygen atoms in total. The van der Waals surface area contributed by atoms with E-state index in [1.807, 2.05) is 30.3 Å². The second-order valence-electron chi connectivity index (χ2n) is 7.46. The quantitative estimate of drug-likeness (QED) is 0.702. The average Bonchev–Trinajstić information content (AvgIpc) is 2.75. The minimum Gasteiger partial charge on any atom is -0.368 e. The van der Waals surface area contributed by atoms with Gasteiger partial charge < -0.3 is 15.1 Å². The van der Waals surface area contributed by atoms with E-state index in [1.165, 1.54) is 17.7 Å². The molecule has 0 aliphatic carbocycles. The van der Waals surface area contributed by atoms with Gasteiger partial charge in [0.2, 0.25) is 5.95 Å². The van der Waals surface area contributed by atoms with Crippen molar-refractivity contribution < 1.29 is 4.39 Å².